The smallest absolute Gasteiger partial charge is 0.217 e. The molecule has 2 rings (SSSR count). The molecule has 0 radical (unpaired) electrons. The number of rotatable bonds is 7. The molecule has 4 heteroatoms. The average molecular weight is 276 g/mol. The van der Waals surface area contributed by atoms with Gasteiger partial charge in [-0.05, 0) is 38.8 Å². The van der Waals surface area contributed by atoms with Crippen LogP contribution in [-0.4, -0.2) is 18.1 Å². The molecule has 0 fully saturated rings. The molecule has 3 N–H and O–H groups in total. The van der Waals surface area contributed by atoms with Gasteiger partial charge in [-0.2, -0.15) is 0 Å². The van der Waals surface area contributed by atoms with Gasteiger partial charge in [0.2, 0.25) is 5.91 Å². The van der Waals surface area contributed by atoms with E-state index in [4.69, 9.17) is 10.5 Å². The van der Waals surface area contributed by atoms with Gasteiger partial charge in [0.15, 0.2) is 0 Å². The van der Waals surface area contributed by atoms with Crippen LogP contribution in [0.3, 0.4) is 0 Å². The van der Waals surface area contributed by atoms with Crippen LogP contribution in [0.4, 0.5) is 0 Å². The number of nitrogens with one attached hydrogen (secondary N) is 1. The number of amides is 1. The van der Waals surface area contributed by atoms with Crippen LogP contribution in [-0.2, 0) is 17.8 Å². The zero-order valence-electron chi connectivity index (χ0n) is 12.4. The van der Waals surface area contributed by atoms with Crippen LogP contribution in [0.25, 0.3) is 0 Å². The summed E-state index contributed by atoms with van der Waals surface area (Å²) in [6, 6.07) is 6.34. The molecule has 4 nitrogen and oxygen atoms in total. The van der Waals surface area contributed by atoms with E-state index in [1.54, 1.807) is 0 Å². The quantitative estimate of drug-likeness (QED) is 0.750. The van der Waals surface area contributed by atoms with Crippen LogP contribution in [0.5, 0.6) is 5.75 Å². The number of para-hydroxylation sites is 1. The van der Waals surface area contributed by atoms with Crippen molar-refractivity contribution in [3.63, 3.8) is 0 Å². The first-order valence-corrected chi connectivity index (χ1v) is 7.27. The van der Waals surface area contributed by atoms with Gasteiger partial charge in [-0.1, -0.05) is 18.2 Å². The van der Waals surface area contributed by atoms with E-state index in [-0.39, 0.29) is 11.5 Å². The van der Waals surface area contributed by atoms with Gasteiger partial charge in [0, 0.05) is 24.9 Å². The molecule has 0 aliphatic carbocycles. The Morgan fingerprint density at radius 2 is 2.20 bits per heavy atom. The number of unbranched alkanes of at least 4 members (excludes halogenated alkanes) is 1. The van der Waals surface area contributed by atoms with E-state index in [1.807, 2.05) is 0 Å². The van der Waals surface area contributed by atoms with Crippen LogP contribution in [0.2, 0.25) is 0 Å². The van der Waals surface area contributed by atoms with E-state index in [1.165, 1.54) is 11.1 Å². The van der Waals surface area contributed by atoms with Crippen molar-refractivity contribution in [2.24, 2.45) is 5.73 Å². The highest BCUT2D eigenvalue weighted by Crippen LogP contribution is 2.37. The number of carbonyl (C=O) groups excluding carboxylic acids is 1. The minimum atomic E-state index is -0.221. The highest BCUT2D eigenvalue weighted by atomic mass is 16.5. The maximum Gasteiger partial charge on any atom is 0.217 e. The van der Waals surface area contributed by atoms with E-state index < -0.39 is 0 Å². The Morgan fingerprint density at radius 3 is 2.95 bits per heavy atom. The van der Waals surface area contributed by atoms with Gasteiger partial charge in [0.05, 0.1) is 0 Å². The number of primary amides is 1. The van der Waals surface area contributed by atoms with Crippen molar-refractivity contribution >= 4 is 5.91 Å². The molecule has 1 aromatic rings. The zero-order valence-corrected chi connectivity index (χ0v) is 12.4. The van der Waals surface area contributed by atoms with Crippen molar-refractivity contribution in [2.75, 3.05) is 6.54 Å². The molecule has 110 valence electrons. The lowest BCUT2D eigenvalue weighted by Crippen LogP contribution is -2.25. The molecule has 20 heavy (non-hydrogen) atoms. The third-order valence-corrected chi connectivity index (χ3v) is 3.51. The summed E-state index contributed by atoms with van der Waals surface area (Å²) in [5.74, 6) is 0.823. The maximum atomic E-state index is 10.6. The third kappa shape index (κ3) is 3.97. The largest absolute Gasteiger partial charge is 0.487 e. The number of benzene rings is 1. The second-order valence-corrected chi connectivity index (χ2v) is 6.04. The molecule has 0 unspecified atom stereocenters. The lowest BCUT2D eigenvalue weighted by Gasteiger charge is -2.18. The molecule has 0 bridgehead atoms. The summed E-state index contributed by atoms with van der Waals surface area (Å²) < 4.78 is 6.03. The highest BCUT2D eigenvalue weighted by Gasteiger charge is 2.31. The van der Waals surface area contributed by atoms with Crippen LogP contribution in [0.15, 0.2) is 18.2 Å². The number of nitrogens with two attached hydrogens (primary N) is 1. The molecule has 1 amide bonds. The average Bonchev–Trinajstić information content (AvgIpc) is 2.67. The normalized spacial score (nSPS) is 15.7. The Labute approximate surface area is 120 Å². The summed E-state index contributed by atoms with van der Waals surface area (Å²) in [6.07, 6.45) is 3.25. The number of ether oxygens (including phenoxy) is 1. The van der Waals surface area contributed by atoms with Gasteiger partial charge < -0.3 is 15.8 Å². The minimum absolute atomic E-state index is 0.0973. The number of carbonyl (C=O) groups is 1. The Morgan fingerprint density at radius 1 is 1.40 bits per heavy atom. The first-order valence-electron chi connectivity index (χ1n) is 7.27. The van der Waals surface area contributed by atoms with Crippen molar-refractivity contribution < 1.29 is 9.53 Å². The lowest BCUT2D eigenvalue weighted by molar-refractivity contribution is -0.118. The molecule has 1 aliphatic heterocycles. The topological polar surface area (TPSA) is 64.3 Å². The summed E-state index contributed by atoms with van der Waals surface area (Å²) in [7, 11) is 0. The Kier molecular flexibility index (Phi) is 4.65. The van der Waals surface area contributed by atoms with E-state index in [0.717, 1.165) is 38.1 Å². The van der Waals surface area contributed by atoms with E-state index in [9.17, 15) is 4.79 Å². The Hall–Kier alpha value is -1.55. The first-order chi connectivity index (χ1) is 9.48. The monoisotopic (exact) mass is 276 g/mol. The minimum Gasteiger partial charge on any atom is -0.487 e. The first kappa shape index (κ1) is 14.9. The standard InChI is InChI=1S/C16H24N2O2/c1-16(2)10-12-6-5-7-13(15(12)20-16)11-18-9-4-3-8-14(17)19/h5-7,18H,3-4,8-11H2,1-2H3,(H2,17,19). The van der Waals surface area contributed by atoms with Gasteiger partial charge in [0.1, 0.15) is 11.4 Å². The molecule has 0 atom stereocenters. The van der Waals surface area contributed by atoms with Crippen LogP contribution in [0, 0.1) is 0 Å². The fourth-order valence-electron chi connectivity index (χ4n) is 2.59. The molecule has 0 aromatic heterocycles. The second-order valence-electron chi connectivity index (χ2n) is 6.04. The molecule has 0 saturated carbocycles. The zero-order chi connectivity index (χ0) is 14.6. The van der Waals surface area contributed by atoms with Gasteiger partial charge >= 0.3 is 0 Å². The van der Waals surface area contributed by atoms with Crippen molar-refractivity contribution in [3.8, 4) is 5.75 Å². The summed E-state index contributed by atoms with van der Waals surface area (Å²) in [5.41, 5.74) is 7.52. The van der Waals surface area contributed by atoms with Gasteiger partial charge in [-0.3, -0.25) is 4.79 Å². The van der Waals surface area contributed by atoms with E-state index in [0.29, 0.717) is 6.42 Å². The number of hydrogen-bond acceptors (Lipinski definition) is 3. The van der Waals surface area contributed by atoms with Crippen LogP contribution < -0.4 is 15.8 Å². The van der Waals surface area contributed by atoms with Crippen molar-refractivity contribution in [3.05, 3.63) is 29.3 Å². The van der Waals surface area contributed by atoms with Crippen molar-refractivity contribution in [2.45, 2.75) is 51.7 Å². The molecule has 0 saturated heterocycles. The fraction of sp³-hybridized carbons (Fsp3) is 0.562. The van der Waals surface area contributed by atoms with Gasteiger partial charge in [-0.15, -0.1) is 0 Å². The molecular weight excluding hydrogens is 252 g/mol. The molecule has 1 aromatic carbocycles. The molecule has 1 aliphatic rings. The molecular formula is C16H24N2O2. The molecule has 0 spiro atoms. The van der Waals surface area contributed by atoms with Crippen molar-refractivity contribution in [1.29, 1.82) is 0 Å². The number of fused-ring (bicyclic) bond motifs is 1. The number of hydrogen-bond donors (Lipinski definition) is 2. The third-order valence-electron chi connectivity index (χ3n) is 3.51. The van der Waals surface area contributed by atoms with E-state index >= 15 is 0 Å². The van der Waals surface area contributed by atoms with Crippen LogP contribution in [0.1, 0.15) is 44.2 Å². The van der Waals surface area contributed by atoms with Crippen LogP contribution >= 0.6 is 0 Å². The lowest BCUT2D eigenvalue weighted by atomic mass is 10.0. The predicted molar refractivity (Wildman–Crippen MR) is 79.6 cm³/mol. The Balaban J connectivity index is 1.80. The summed E-state index contributed by atoms with van der Waals surface area (Å²) in [6.45, 7) is 5.93. The predicted octanol–water partition coefficient (Wildman–Crippen LogP) is 2.15. The SMILES string of the molecule is CC1(C)Cc2cccc(CNCCCCC(N)=O)c2O1. The maximum absolute atomic E-state index is 10.6. The fourth-order valence-corrected chi connectivity index (χ4v) is 2.59. The summed E-state index contributed by atoms with van der Waals surface area (Å²) in [4.78, 5) is 10.6. The Bertz CT molecular complexity index is 483. The summed E-state index contributed by atoms with van der Waals surface area (Å²) >= 11 is 0. The van der Waals surface area contributed by atoms with E-state index in [2.05, 4.69) is 37.4 Å². The highest BCUT2D eigenvalue weighted by molar-refractivity contribution is 5.73. The van der Waals surface area contributed by atoms with Gasteiger partial charge in [-0.25, -0.2) is 0 Å². The molecule has 1 heterocycles. The van der Waals surface area contributed by atoms with Gasteiger partial charge in [0.25, 0.3) is 0 Å². The summed E-state index contributed by atoms with van der Waals surface area (Å²) in [5, 5.41) is 3.40. The van der Waals surface area contributed by atoms with Crippen molar-refractivity contribution in [1.82, 2.24) is 5.32 Å². The second kappa shape index (κ2) is 6.27.